The second kappa shape index (κ2) is 11.0. The average molecular weight is 418 g/mol. The largest absolute Gasteiger partial charge is 0.290 e. The zero-order valence-corrected chi connectivity index (χ0v) is 18.1. The van der Waals surface area contributed by atoms with Crippen LogP contribution in [-0.4, -0.2) is 23.8 Å². The summed E-state index contributed by atoms with van der Waals surface area (Å²) in [5.41, 5.74) is 5.13. The molecule has 1 fully saturated rings. The van der Waals surface area contributed by atoms with Crippen LogP contribution in [0, 0.1) is 0 Å². The van der Waals surface area contributed by atoms with E-state index >= 15 is 0 Å². The topological polar surface area (TPSA) is 20.3 Å². The third kappa shape index (κ3) is 6.13. The molecule has 158 valence electrons. The number of piperidine rings is 1. The lowest BCUT2D eigenvalue weighted by molar-refractivity contribution is -0.113. The number of hydrogen-bond donors (Lipinski definition) is 0. The van der Waals surface area contributed by atoms with Crippen LogP contribution in [-0.2, 0) is 11.3 Å². The molecule has 3 aromatic rings. The van der Waals surface area contributed by atoms with Gasteiger partial charge in [0.25, 0.3) is 0 Å². The average Bonchev–Trinajstić information content (AvgIpc) is 2.84. The molecule has 32 heavy (non-hydrogen) atoms. The van der Waals surface area contributed by atoms with E-state index < -0.39 is 0 Å². The SMILES string of the molecule is O=C1C(=CC=Cc2ccccc2)CN(Cc2ccccc2)CC1=CC=Cc1ccccc1. The molecule has 0 spiro atoms. The molecule has 0 aliphatic carbocycles. The van der Waals surface area contributed by atoms with Crippen LogP contribution >= 0.6 is 0 Å². The highest BCUT2D eigenvalue weighted by molar-refractivity contribution is 6.10. The number of carbonyl (C=O) groups is 1. The predicted octanol–water partition coefficient (Wildman–Crippen LogP) is 6.35. The first-order valence-electron chi connectivity index (χ1n) is 10.9. The normalized spacial score (nSPS) is 17.7. The van der Waals surface area contributed by atoms with Gasteiger partial charge in [0.2, 0.25) is 0 Å². The van der Waals surface area contributed by atoms with Crippen LogP contribution in [0.1, 0.15) is 16.7 Å². The maximum absolute atomic E-state index is 13.2. The minimum atomic E-state index is 0.129. The fourth-order valence-corrected chi connectivity index (χ4v) is 3.78. The molecular weight excluding hydrogens is 390 g/mol. The first kappa shape index (κ1) is 21.5. The Hall–Kier alpha value is -3.75. The fourth-order valence-electron chi connectivity index (χ4n) is 3.78. The molecule has 2 heteroatoms. The zero-order chi connectivity index (χ0) is 22.0. The Morgan fingerprint density at radius 1 is 0.625 bits per heavy atom. The quantitative estimate of drug-likeness (QED) is 0.436. The van der Waals surface area contributed by atoms with E-state index in [2.05, 4.69) is 53.4 Å². The lowest BCUT2D eigenvalue weighted by Gasteiger charge is -2.29. The molecule has 1 aliphatic heterocycles. The Bertz CT molecular complexity index is 1070. The molecule has 0 aromatic heterocycles. The molecular formula is C30H27NO. The molecule has 3 aromatic carbocycles. The number of benzene rings is 3. The molecule has 0 bridgehead atoms. The van der Waals surface area contributed by atoms with Crippen LogP contribution < -0.4 is 0 Å². The van der Waals surface area contributed by atoms with E-state index in [9.17, 15) is 4.79 Å². The second-order valence-electron chi connectivity index (χ2n) is 7.88. The van der Waals surface area contributed by atoms with Gasteiger partial charge in [-0.25, -0.2) is 0 Å². The summed E-state index contributed by atoms with van der Waals surface area (Å²) in [6.07, 6.45) is 11.9. The van der Waals surface area contributed by atoms with Crippen LogP contribution in [0.25, 0.3) is 12.2 Å². The Kier molecular flexibility index (Phi) is 7.41. The summed E-state index contributed by atoms with van der Waals surface area (Å²) in [7, 11) is 0. The van der Waals surface area contributed by atoms with Gasteiger partial charge in [-0.05, 0) is 16.7 Å². The minimum Gasteiger partial charge on any atom is -0.290 e. The Morgan fingerprint density at radius 2 is 1.06 bits per heavy atom. The van der Waals surface area contributed by atoms with E-state index in [1.165, 1.54) is 5.56 Å². The van der Waals surface area contributed by atoms with Crippen LogP contribution in [0.15, 0.2) is 126 Å². The van der Waals surface area contributed by atoms with Gasteiger partial charge in [-0.3, -0.25) is 9.69 Å². The Labute approximate surface area is 190 Å². The van der Waals surface area contributed by atoms with E-state index in [1.807, 2.05) is 78.9 Å². The number of hydrogen-bond acceptors (Lipinski definition) is 2. The van der Waals surface area contributed by atoms with E-state index in [1.54, 1.807) is 0 Å². The van der Waals surface area contributed by atoms with Crippen molar-refractivity contribution in [3.63, 3.8) is 0 Å². The van der Waals surface area contributed by atoms with Crippen molar-refractivity contribution < 1.29 is 4.79 Å². The number of carbonyl (C=O) groups excluding carboxylic acids is 1. The molecule has 0 saturated carbocycles. The maximum atomic E-state index is 13.2. The minimum absolute atomic E-state index is 0.129. The van der Waals surface area contributed by atoms with Crippen molar-refractivity contribution in [1.29, 1.82) is 0 Å². The van der Waals surface area contributed by atoms with Crippen LogP contribution in [0.5, 0.6) is 0 Å². The van der Waals surface area contributed by atoms with Crippen molar-refractivity contribution in [3.8, 4) is 0 Å². The van der Waals surface area contributed by atoms with Gasteiger partial charge in [0, 0.05) is 30.8 Å². The molecule has 4 rings (SSSR count). The number of ketones is 1. The first-order valence-corrected chi connectivity index (χ1v) is 10.9. The Morgan fingerprint density at radius 3 is 1.53 bits per heavy atom. The third-order valence-corrected chi connectivity index (χ3v) is 5.39. The van der Waals surface area contributed by atoms with E-state index in [0.29, 0.717) is 13.1 Å². The van der Waals surface area contributed by atoms with Gasteiger partial charge in [-0.2, -0.15) is 0 Å². The van der Waals surface area contributed by atoms with Crippen molar-refractivity contribution in [2.45, 2.75) is 6.54 Å². The molecule has 2 nitrogen and oxygen atoms in total. The third-order valence-electron chi connectivity index (χ3n) is 5.39. The first-order chi connectivity index (χ1) is 15.8. The standard InChI is InChI=1S/C30H27NO/c32-30-28(20-10-18-25-12-4-1-5-13-25)23-31(22-27-16-8-3-9-17-27)24-29(30)21-11-19-26-14-6-2-7-15-26/h1-21H,22-24H2. The maximum Gasteiger partial charge on any atom is 0.187 e. The molecule has 1 heterocycles. The second-order valence-corrected chi connectivity index (χ2v) is 7.88. The molecule has 0 unspecified atom stereocenters. The summed E-state index contributed by atoms with van der Waals surface area (Å²) in [5, 5.41) is 0. The molecule has 0 N–H and O–H groups in total. The number of nitrogens with zero attached hydrogens (tertiary/aromatic N) is 1. The highest BCUT2D eigenvalue weighted by atomic mass is 16.1. The van der Waals surface area contributed by atoms with Crippen LogP contribution in [0.2, 0.25) is 0 Å². The number of likely N-dealkylation sites (tertiary alicyclic amines) is 1. The predicted molar refractivity (Wildman–Crippen MR) is 134 cm³/mol. The van der Waals surface area contributed by atoms with Gasteiger partial charge in [-0.1, -0.05) is 127 Å². The van der Waals surface area contributed by atoms with E-state index in [0.717, 1.165) is 28.8 Å². The summed E-state index contributed by atoms with van der Waals surface area (Å²) >= 11 is 0. The summed E-state index contributed by atoms with van der Waals surface area (Å²) in [6.45, 7) is 2.10. The number of Topliss-reactive ketones (excluding diaryl/α,β-unsaturated/α-hetero) is 1. The fraction of sp³-hybridized carbons (Fsp3) is 0.100. The monoisotopic (exact) mass is 417 g/mol. The summed E-state index contributed by atoms with van der Waals surface area (Å²) in [4.78, 5) is 15.5. The lowest BCUT2D eigenvalue weighted by Crippen LogP contribution is -2.37. The van der Waals surface area contributed by atoms with Crippen LogP contribution in [0.3, 0.4) is 0 Å². The van der Waals surface area contributed by atoms with Gasteiger partial charge in [-0.15, -0.1) is 0 Å². The van der Waals surface area contributed by atoms with Crippen molar-refractivity contribution in [1.82, 2.24) is 4.90 Å². The molecule has 0 radical (unpaired) electrons. The zero-order valence-electron chi connectivity index (χ0n) is 18.1. The van der Waals surface area contributed by atoms with Crippen LogP contribution in [0.4, 0.5) is 0 Å². The van der Waals surface area contributed by atoms with E-state index in [-0.39, 0.29) is 5.78 Å². The van der Waals surface area contributed by atoms with Gasteiger partial charge >= 0.3 is 0 Å². The molecule has 0 atom stereocenters. The summed E-state index contributed by atoms with van der Waals surface area (Å²) in [5.74, 6) is 0.129. The number of allylic oxidation sites excluding steroid dienone is 4. The molecule has 0 amide bonds. The van der Waals surface area contributed by atoms with Crippen molar-refractivity contribution in [3.05, 3.63) is 143 Å². The smallest absolute Gasteiger partial charge is 0.187 e. The summed E-state index contributed by atoms with van der Waals surface area (Å²) in [6, 6.07) is 30.7. The van der Waals surface area contributed by atoms with Gasteiger partial charge < -0.3 is 0 Å². The summed E-state index contributed by atoms with van der Waals surface area (Å²) < 4.78 is 0. The van der Waals surface area contributed by atoms with Gasteiger partial charge in [0.05, 0.1) is 0 Å². The lowest BCUT2D eigenvalue weighted by atomic mass is 9.96. The molecule has 1 saturated heterocycles. The highest BCUT2D eigenvalue weighted by Gasteiger charge is 2.25. The highest BCUT2D eigenvalue weighted by Crippen LogP contribution is 2.20. The van der Waals surface area contributed by atoms with Crippen molar-refractivity contribution in [2.75, 3.05) is 13.1 Å². The van der Waals surface area contributed by atoms with Gasteiger partial charge in [0.1, 0.15) is 0 Å². The molecule has 1 aliphatic rings. The van der Waals surface area contributed by atoms with Crippen molar-refractivity contribution in [2.24, 2.45) is 0 Å². The van der Waals surface area contributed by atoms with Crippen molar-refractivity contribution >= 4 is 17.9 Å². The van der Waals surface area contributed by atoms with Gasteiger partial charge in [0.15, 0.2) is 5.78 Å². The Balaban J connectivity index is 1.56. The number of rotatable bonds is 6. The van der Waals surface area contributed by atoms with E-state index in [4.69, 9.17) is 0 Å².